The van der Waals surface area contributed by atoms with Gasteiger partial charge in [-0.15, -0.1) is 0 Å². The quantitative estimate of drug-likeness (QED) is 0.461. The third kappa shape index (κ3) is 5.78. The second-order valence-corrected chi connectivity index (χ2v) is 4.98. The van der Waals surface area contributed by atoms with E-state index in [1.807, 2.05) is 18.2 Å². The normalized spacial score (nSPS) is 10.1. The highest BCUT2D eigenvalue weighted by atomic mass is 16.6. The van der Waals surface area contributed by atoms with Crippen LogP contribution >= 0.6 is 0 Å². The van der Waals surface area contributed by atoms with Crippen molar-refractivity contribution < 1.29 is 14.5 Å². The zero-order chi connectivity index (χ0) is 16.5. The van der Waals surface area contributed by atoms with Crippen molar-refractivity contribution >= 4 is 11.6 Å². The van der Waals surface area contributed by atoms with Crippen molar-refractivity contribution in [3.8, 4) is 5.75 Å². The Kier molecular flexibility index (Phi) is 6.11. The molecule has 0 bridgehead atoms. The molecule has 0 atom stereocenters. The van der Waals surface area contributed by atoms with Crippen molar-refractivity contribution in [1.82, 2.24) is 5.32 Å². The number of benzene rings is 2. The van der Waals surface area contributed by atoms with Gasteiger partial charge in [-0.05, 0) is 30.5 Å². The van der Waals surface area contributed by atoms with Crippen molar-refractivity contribution in [1.29, 1.82) is 0 Å². The molecule has 0 aliphatic carbocycles. The van der Waals surface area contributed by atoms with Gasteiger partial charge in [-0.25, -0.2) is 0 Å². The number of carbonyl (C=O) groups is 1. The van der Waals surface area contributed by atoms with Gasteiger partial charge in [0.25, 0.3) is 11.6 Å². The molecule has 2 rings (SSSR count). The monoisotopic (exact) mass is 314 g/mol. The molecule has 2 aromatic carbocycles. The fraction of sp³-hybridized carbons (Fsp3) is 0.235. The standard InChI is InChI=1S/C17H18N2O4/c20-17(18-12-4-7-14-5-2-1-3-6-14)13-23-16-10-8-15(9-11-16)19(21)22/h1-3,5-6,8-11H,4,7,12-13H2,(H,18,20). The number of ether oxygens (including phenoxy) is 1. The Bertz CT molecular complexity index is 641. The number of rotatable bonds is 8. The molecular formula is C17H18N2O4. The second kappa shape index (κ2) is 8.53. The summed E-state index contributed by atoms with van der Waals surface area (Å²) in [7, 11) is 0. The Labute approximate surface area is 134 Å². The Morgan fingerprint density at radius 1 is 1.09 bits per heavy atom. The molecule has 0 spiro atoms. The van der Waals surface area contributed by atoms with Gasteiger partial charge >= 0.3 is 0 Å². The van der Waals surface area contributed by atoms with Crippen LogP contribution in [0.5, 0.6) is 5.75 Å². The largest absolute Gasteiger partial charge is 0.484 e. The molecule has 0 unspecified atom stereocenters. The third-order valence-corrected chi connectivity index (χ3v) is 3.22. The van der Waals surface area contributed by atoms with Crippen LogP contribution in [0, 0.1) is 10.1 Å². The van der Waals surface area contributed by atoms with E-state index in [0.717, 1.165) is 12.8 Å². The Hall–Kier alpha value is -2.89. The number of hydrogen-bond donors (Lipinski definition) is 1. The lowest BCUT2D eigenvalue weighted by atomic mass is 10.1. The lowest BCUT2D eigenvalue weighted by molar-refractivity contribution is -0.384. The second-order valence-electron chi connectivity index (χ2n) is 4.98. The average molecular weight is 314 g/mol. The lowest BCUT2D eigenvalue weighted by Crippen LogP contribution is -2.29. The Morgan fingerprint density at radius 2 is 1.78 bits per heavy atom. The molecule has 1 N–H and O–H groups in total. The van der Waals surface area contributed by atoms with Crippen molar-refractivity contribution in [2.24, 2.45) is 0 Å². The highest BCUT2D eigenvalue weighted by Crippen LogP contribution is 2.17. The topological polar surface area (TPSA) is 81.5 Å². The van der Waals surface area contributed by atoms with Gasteiger partial charge in [-0.1, -0.05) is 30.3 Å². The van der Waals surface area contributed by atoms with Crippen molar-refractivity contribution in [3.63, 3.8) is 0 Å². The van der Waals surface area contributed by atoms with E-state index < -0.39 is 4.92 Å². The predicted molar refractivity (Wildman–Crippen MR) is 86.4 cm³/mol. The average Bonchev–Trinajstić information content (AvgIpc) is 2.58. The molecule has 0 radical (unpaired) electrons. The Morgan fingerprint density at radius 3 is 2.43 bits per heavy atom. The van der Waals surface area contributed by atoms with Gasteiger partial charge in [0.2, 0.25) is 0 Å². The van der Waals surface area contributed by atoms with Crippen molar-refractivity contribution in [3.05, 3.63) is 70.3 Å². The number of nitrogens with one attached hydrogen (secondary N) is 1. The number of aryl methyl sites for hydroxylation is 1. The Balaban J connectivity index is 1.64. The molecule has 23 heavy (non-hydrogen) atoms. The van der Waals surface area contributed by atoms with E-state index in [9.17, 15) is 14.9 Å². The minimum absolute atomic E-state index is 0.0114. The number of nitrogens with zero attached hydrogens (tertiary/aromatic N) is 1. The maximum Gasteiger partial charge on any atom is 0.269 e. The van der Waals surface area contributed by atoms with Crippen LogP contribution in [-0.4, -0.2) is 24.0 Å². The molecule has 2 aromatic rings. The fourth-order valence-corrected chi connectivity index (χ4v) is 2.03. The van der Waals surface area contributed by atoms with Gasteiger partial charge in [-0.3, -0.25) is 14.9 Å². The summed E-state index contributed by atoms with van der Waals surface area (Å²) in [4.78, 5) is 21.7. The summed E-state index contributed by atoms with van der Waals surface area (Å²) < 4.78 is 5.28. The van der Waals surface area contributed by atoms with Gasteiger partial charge in [0.15, 0.2) is 6.61 Å². The van der Waals surface area contributed by atoms with E-state index in [4.69, 9.17) is 4.74 Å². The zero-order valence-corrected chi connectivity index (χ0v) is 12.6. The van der Waals surface area contributed by atoms with Gasteiger partial charge in [-0.2, -0.15) is 0 Å². The first kappa shape index (κ1) is 16.5. The minimum atomic E-state index is -0.483. The summed E-state index contributed by atoms with van der Waals surface area (Å²) in [5.41, 5.74) is 1.23. The number of nitro groups is 1. The van der Waals surface area contributed by atoms with Gasteiger partial charge in [0.1, 0.15) is 5.75 Å². The van der Waals surface area contributed by atoms with E-state index in [1.54, 1.807) is 0 Å². The van der Waals surface area contributed by atoms with Crippen LogP contribution in [0.3, 0.4) is 0 Å². The summed E-state index contributed by atoms with van der Waals surface area (Å²) in [6.45, 7) is 0.473. The number of hydrogen-bond acceptors (Lipinski definition) is 4. The van der Waals surface area contributed by atoms with Crippen LogP contribution in [0.2, 0.25) is 0 Å². The fourth-order valence-electron chi connectivity index (χ4n) is 2.03. The van der Waals surface area contributed by atoms with Crippen LogP contribution < -0.4 is 10.1 Å². The zero-order valence-electron chi connectivity index (χ0n) is 12.6. The summed E-state index contributed by atoms with van der Waals surface area (Å²) in [5, 5.41) is 13.3. The minimum Gasteiger partial charge on any atom is -0.484 e. The summed E-state index contributed by atoms with van der Waals surface area (Å²) in [5.74, 6) is 0.214. The van der Waals surface area contributed by atoms with Crippen molar-refractivity contribution in [2.75, 3.05) is 13.2 Å². The molecule has 0 heterocycles. The van der Waals surface area contributed by atoms with E-state index in [1.165, 1.54) is 29.8 Å². The molecule has 120 valence electrons. The summed E-state index contributed by atoms with van der Waals surface area (Å²) >= 11 is 0. The van der Waals surface area contributed by atoms with Gasteiger partial charge in [0, 0.05) is 18.7 Å². The molecule has 6 nitrogen and oxygen atoms in total. The van der Waals surface area contributed by atoms with Crippen LogP contribution in [-0.2, 0) is 11.2 Å². The smallest absolute Gasteiger partial charge is 0.269 e. The highest BCUT2D eigenvalue weighted by Gasteiger charge is 2.06. The van der Waals surface area contributed by atoms with Crippen molar-refractivity contribution in [2.45, 2.75) is 12.8 Å². The lowest BCUT2D eigenvalue weighted by Gasteiger charge is -2.07. The van der Waals surface area contributed by atoms with E-state index in [2.05, 4.69) is 17.4 Å². The number of nitro benzene ring substituents is 1. The molecule has 6 heteroatoms. The van der Waals surface area contributed by atoms with Crippen LogP contribution in [0.25, 0.3) is 0 Å². The molecule has 0 saturated heterocycles. The molecule has 0 fully saturated rings. The van der Waals surface area contributed by atoms with E-state index >= 15 is 0 Å². The first-order valence-corrected chi connectivity index (χ1v) is 7.33. The van der Waals surface area contributed by atoms with Crippen LogP contribution in [0.15, 0.2) is 54.6 Å². The highest BCUT2D eigenvalue weighted by molar-refractivity contribution is 5.77. The van der Waals surface area contributed by atoms with E-state index in [-0.39, 0.29) is 18.2 Å². The first-order chi connectivity index (χ1) is 11.1. The van der Waals surface area contributed by atoms with E-state index in [0.29, 0.717) is 12.3 Å². The van der Waals surface area contributed by atoms with Crippen LogP contribution in [0.1, 0.15) is 12.0 Å². The first-order valence-electron chi connectivity index (χ1n) is 7.33. The number of non-ortho nitro benzene ring substituents is 1. The predicted octanol–water partition coefficient (Wildman–Crippen LogP) is 2.72. The molecule has 0 saturated carbocycles. The summed E-state index contributed by atoms with van der Waals surface area (Å²) in [6, 6.07) is 15.7. The molecule has 0 aliphatic heterocycles. The summed E-state index contributed by atoms with van der Waals surface area (Å²) in [6.07, 6.45) is 1.76. The maximum absolute atomic E-state index is 11.7. The molecular weight excluding hydrogens is 296 g/mol. The number of amides is 1. The molecule has 0 aliphatic rings. The SMILES string of the molecule is O=C(COc1ccc([N+](=O)[O-])cc1)NCCCc1ccccc1. The number of carbonyl (C=O) groups excluding carboxylic acids is 1. The van der Waals surface area contributed by atoms with Gasteiger partial charge < -0.3 is 10.1 Å². The molecule has 1 amide bonds. The third-order valence-electron chi connectivity index (χ3n) is 3.22. The van der Waals surface area contributed by atoms with Gasteiger partial charge in [0.05, 0.1) is 4.92 Å². The molecule has 0 aromatic heterocycles. The maximum atomic E-state index is 11.7. The van der Waals surface area contributed by atoms with Crippen LogP contribution in [0.4, 0.5) is 5.69 Å².